The highest BCUT2D eigenvalue weighted by Gasteiger charge is 2.39. The Balaban J connectivity index is 1.63. The van der Waals surface area contributed by atoms with E-state index in [9.17, 15) is 19.2 Å². The molecule has 0 N–H and O–H groups in total. The lowest BCUT2D eigenvalue weighted by molar-refractivity contribution is -0.117. The van der Waals surface area contributed by atoms with Crippen molar-refractivity contribution in [3.05, 3.63) is 53.6 Å². The number of carbonyl (C=O) groups is 4. The summed E-state index contributed by atoms with van der Waals surface area (Å²) in [4.78, 5) is 55.1. The summed E-state index contributed by atoms with van der Waals surface area (Å²) in [5.74, 6) is -0.808. The van der Waals surface area contributed by atoms with E-state index in [1.54, 1.807) is 52.3 Å². The van der Waals surface area contributed by atoms with Crippen LogP contribution >= 0.6 is 0 Å². The standard InChI is InChI=1S/C22H19N3O4/c26-19-7-3-11-23(19)14-9-10-17(18(13-14)24-12-4-8-20(24)27)25-21(28)15-5-1-2-6-16(15)22(25)29/h1-2,5-6,9-10,13H,3-4,7-8,11-12H2. The normalized spacial score (nSPS) is 19.0. The van der Waals surface area contributed by atoms with Crippen LogP contribution in [-0.2, 0) is 9.59 Å². The third kappa shape index (κ3) is 2.65. The highest BCUT2D eigenvalue weighted by Crippen LogP contribution is 2.40. The number of amides is 4. The van der Waals surface area contributed by atoms with Crippen molar-refractivity contribution in [3.63, 3.8) is 0 Å². The summed E-state index contributed by atoms with van der Waals surface area (Å²) in [5.41, 5.74) is 2.27. The first kappa shape index (κ1) is 17.6. The van der Waals surface area contributed by atoms with Gasteiger partial charge in [-0.3, -0.25) is 19.2 Å². The molecule has 5 rings (SSSR count). The fourth-order valence-electron chi connectivity index (χ4n) is 4.32. The molecule has 4 amide bonds. The first-order valence-electron chi connectivity index (χ1n) is 9.79. The van der Waals surface area contributed by atoms with Gasteiger partial charge in [0.1, 0.15) is 0 Å². The summed E-state index contributed by atoms with van der Waals surface area (Å²) in [6, 6.07) is 11.9. The van der Waals surface area contributed by atoms with Crippen molar-refractivity contribution in [1.82, 2.24) is 0 Å². The molecule has 3 heterocycles. The van der Waals surface area contributed by atoms with E-state index in [1.807, 2.05) is 0 Å². The highest BCUT2D eigenvalue weighted by atomic mass is 16.2. The molecule has 7 nitrogen and oxygen atoms in total. The maximum atomic E-state index is 13.0. The molecule has 146 valence electrons. The first-order valence-corrected chi connectivity index (χ1v) is 9.79. The van der Waals surface area contributed by atoms with E-state index in [0.29, 0.717) is 60.5 Å². The van der Waals surface area contributed by atoms with Crippen LogP contribution in [-0.4, -0.2) is 36.7 Å². The van der Waals surface area contributed by atoms with Gasteiger partial charge >= 0.3 is 0 Å². The van der Waals surface area contributed by atoms with E-state index < -0.39 is 11.8 Å². The maximum absolute atomic E-state index is 13.0. The van der Waals surface area contributed by atoms with Crippen LogP contribution in [0.2, 0.25) is 0 Å². The topological polar surface area (TPSA) is 78.0 Å². The van der Waals surface area contributed by atoms with E-state index in [1.165, 1.54) is 0 Å². The summed E-state index contributed by atoms with van der Waals surface area (Å²) >= 11 is 0. The predicted molar refractivity (Wildman–Crippen MR) is 107 cm³/mol. The molecule has 2 aromatic rings. The smallest absolute Gasteiger partial charge is 0.266 e. The van der Waals surface area contributed by atoms with E-state index in [2.05, 4.69) is 0 Å². The molecule has 0 unspecified atom stereocenters. The molecule has 0 aliphatic carbocycles. The SMILES string of the molecule is O=C1CCCN1c1ccc(N2C(=O)c3ccccc3C2=O)c(N2CCCC2=O)c1. The Morgan fingerprint density at radius 2 is 1.24 bits per heavy atom. The van der Waals surface area contributed by atoms with Gasteiger partial charge < -0.3 is 9.80 Å². The lowest BCUT2D eigenvalue weighted by Crippen LogP contribution is -2.33. The largest absolute Gasteiger partial charge is 0.312 e. The van der Waals surface area contributed by atoms with Crippen LogP contribution in [0.5, 0.6) is 0 Å². The Morgan fingerprint density at radius 3 is 1.79 bits per heavy atom. The van der Waals surface area contributed by atoms with Crippen molar-refractivity contribution in [2.45, 2.75) is 25.7 Å². The van der Waals surface area contributed by atoms with Gasteiger partial charge in [0.15, 0.2) is 0 Å². The summed E-state index contributed by atoms with van der Waals surface area (Å²) in [6.45, 7) is 1.14. The number of anilines is 3. The monoisotopic (exact) mass is 389 g/mol. The fraction of sp³-hybridized carbons (Fsp3) is 0.273. The van der Waals surface area contributed by atoms with E-state index in [-0.39, 0.29) is 11.8 Å². The number of benzene rings is 2. The van der Waals surface area contributed by atoms with E-state index in [0.717, 1.165) is 11.3 Å². The fourth-order valence-corrected chi connectivity index (χ4v) is 4.32. The van der Waals surface area contributed by atoms with Gasteiger partial charge in [-0.15, -0.1) is 0 Å². The minimum absolute atomic E-state index is 0.0391. The second kappa shape index (κ2) is 6.55. The van der Waals surface area contributed by atoms with Crippen molar-refractivity contribution < 1.29 is 19.2 Å². The zero-order valence-corrected chi connectivity index (χ0v) is 15.8. The van der Waals surface area contributed by atoms with Gasteiger partial charge in [0.2, 0.25) is 11.8 Å². The van der Waals surface area contributed by atoms with Crippen molar-refractivity contribution >= 4 is 40.7 Å². The molecule has 0 atom stereocenters. The van der Waals surface area contributed by atoms with Gasteiger partial charge in [-0.2, -0.15) is 0 Å². The lowest BCUT2D eigenvalue weighted by atomic mass is 10.1. The number of hydrogen-bond acceptors (Lipinski definition) is 4. The molecule has 2 saturated heterocycles. The van der Waals surface area contributed by atoms with E-state index >= 15 is 0 Å². The second-order valence-corrected chi connectivity index (χ2v) is 7.46. The van der Waals surface area contributed by atoms with Crippen LogP contribution in [0.15, 0.2) is 42.5 Å². The Bertz CT molecular complexity index is 1040. The van der Waals surface area contributed by atoms with Gasteiger partial charge in [0.25, 0.3) is 11.8 Å². The van der Waals surface area contributed by atoms with E-state index in [4.69, 9.17) is 0 Å². The molecule has 0 aromatic heterocycles. The quantitative estimate of drug-likeness (QED) is 0.757. The minimum Gasteiger partial charge on any atom is -0.312 e. The summed E-state index contributed by atoms with van der Waals surface area (Å²) in [7, 11) is 0. The highest BCUT2D eigenvalue weighted by molar-refractivity contribution is 6.35. The third-order valence-corrected chi connectivity index (χ3v) is 5.74. The average Bonchev–Trinajstić information content (AvgIpc) is 3.41. The summed E-state index contributed by atoms with van der Waals surface area (Å²) in [5, 5.41) is 0. The van der Waals surface area contributed by atoms with Gasteiger partial charge in [-0.05, 0) is 43.2 Å². The molecule has 0 saturated carbocycles. The third-order valence-electron chi connectivity index (χ3n) is 5.74. The molecule has 3 aliphatic heterocycles. The Kier molecular flexibility index (Phi) is 3.97. The van der Waals surface area contributed by atoms with Crippen LogP contribution in [0.3, 0.4) is 0 Å². The van der Waals surface area contributed by atoms with Crippen molar-refractivity contribution in [1.29, 1.82) is 0 Å². The second-order valence-electron chi connectivity index (χ2n) is 7.46. The van der Waals surface area contributed by atoms with Gasteiger partial charge in [-0.25, -0.2) is 4.90 Å². The van der Waals surface area contributed by atoms with Crippen molar-refractivity contribution in [3.8, 4) is 0 Å². The molecular formula is C22H19N3O4. The minimum atomic E-state index is -0.400. The Labute approximate surface area is 167 Å². The van der Waals surface area contributed by atoms with Gasteiger partial charge in [0, 0.05) is 31.6 Å². The zero-order valence-electron chi connectivity index (χ0n) is 15.8. The molecule has 0 bridgehead atoms. The molecular weight excluding hydrogens is 370 g/mol. The number of fused-ring (bicyclic) bond motifs is 1. The molecule has 7 heteroatoms. The number of imide groups is 1. The summed E-state index contributed by atoms with van der Waals surface area (Å²) < 4.78 is 0. The molecule has 2 aromatic carbocycles. The van der Waals surface area contributed by atoms with Gasteiger partial charge in [0.05, 0.1) is 22.5 Å². The maximum Gasteiger partial charge on any atom is 0.266 e. The van der Waals surface area contributed by atoms with Crippen LogP contribution in [0, 0.1) is 0 Å². The van der Waals surface area contributed by atoms with Crippen molar-refractivity contribution in [2.24, 2.45) is 0 Å². The zero-order chi connectivity index (χ0) is 20.1. The number of carbonyl (C=O) groups excluding carboxylic acids is 4. The number of hydrogen-bond donors (Lipinski definition) is 0. The molecule has 2 fully saturated rings. The van der Waals surface area contributed by atoms with Crippen LogP contribution in [0.25, 0.3) is 0 Å². The number of nitrogens with zero attached hydrogens (tertiary/aromatic N) is 3. The molecule has 29 heavy (non-hydrogen) atoms. The Hall–Kier alpha value is -3.48. The predicted octanol–water partition coefficient (Wildman–Crippen LogP) is 2.74. The van der Waals surface area contributed by atoms with Gasteiger partial charge in [-0.1, -0.05) is 12.1 Å². The van der Waals surface area contributed by atoms with Crippen LogP contribution < -0.4 is 14.7 Å². The average molecular weight is 389 g/mol. The van der Waals surface area contributed by atoms with Crippen LogP contribution in [0.4, 0.5) is 17.1 Å². The van der Waals surface area contributed by atoms with Crippen LogP contribution in [0.1, 0.15) is 46.4 Å². The molecule has 0 spiro atoms. The van der Waals surface area contributed by atoms with Crippen molar-refractivity contribution in [2.75, 3.05) is 27.8 Å². The lowest BCUT2D eigenvalue weighted by Gasteiger charge is -2.26. The summed E-state index contributed by atoms with van der Waals surface area (Å²) in [6.07, 6.45) is 2.43. The Morgan fingerprint density at radius 1 is 0.655 bits per heavy atom. The molecule has 3 aliphatic rings. The first-order chi connectivity index (χ1) is 14.1. The number of rotatable bonds is 3. The molecule has 0 radical (unpaired) electrons.